The summed E-state index contributed by atoms with van der Waals surface area (Å²) in [6.45, 7) is 6.20. The molecule has 20 atom stereocenters. The van der Waals surface area contributed by atoms with Gasteiger partial charge in [-0.15, -0.1) is 0 Å². The molecule has 4 aliphatic carbocycles. The molecule has 2 bridgehead atoms. The van der Waals surface area contributed by atoms with Crippen LogP contribution in [0.2, 0.25) is 0 Å². The Bertz CT molecular complexity index is 1300. The van der Waals surface area contributed by atoms with Crippen molar-refractivity contribution in [3.63, 3.8) is 0 Å². The molecule has 1 unspecified atom stereocenters. The summed E-state index contributed by atoms with van der Waals surface area (Å²) >= 11 is 0. The van der Waals surface area contributed by atoms with Crippen molar-refractivity contribution in [3.05, 3.63) is 12.2 Å². The van der Waals surface area contributed by atoms with Crippen LogP contribution < -0.4 is 0 Å². The third kappa shape index (κ3) is 7.65. The molecule has 7 fully saturated rings. The maximum atomic E-state index is 14.6. The van der Waals surface area contributed by atoms with E-state index in [-0.39, 0.29) is 11.3 Å². The Morgan fingerprint density at radius 3 is 1.80 bits per heavy atom. The van der Waals surface area contributed by atoms with Crippen molar-refractivity contribution in [2.45, 2.75) is 164 Å². The zero-order valence-electron chi connectivity index (χ0n) is 30.9. The molecule has 4 saturated carbocycles. The molecule has 3 aliphatic heterocycles. The van der Waals surface area contributed by atoms with Gasteiger partial charge in [-0.25, -0.2) is 0 Å². The molecule has 0 radical (unpaired) electrons. The fourth-order valence-corrected chi connectivity index (χ4v) is 10.3. The smallest absolute Gasteiger partial charge is 0.314 e. The van der Waals surface area contributed by atoms with Crippen LogP contribution in [0.15, 0.2) is 12.2 Å². The summed E-state index contributed by atoms with van der Waals surface area (Å²) < 4.78 is 35.0. The Hall–Kier alpha value is -1.39. The number of carbonyl (C=O) groups is 1. The highest BCUT2D eigenvalue weighted by atomic mass is 16.8. The van der Waals surface area contributed by atoms with Crippen molar-refractivity contribution in [1.29, 1.82) is 0 Å². The van der Waals surface area contributed by atoms with Crippen molar-refractivity contribution < 1.29 is 84.3 Å². The van der Waals surface area contributed by atoms with Gasteiger partial charge >= 0.3 is 5.97 Å². The topological polar surface area (TPSA) is 275 Å². The minimum absolute atomic E-state index is 0.0621. The van der Waals surface area contributed by atoms with E-state index in [1.165, 1.54) is 5.57 Å². The number of rotatable bonds is 9. The lowest BCUT2D eigenvalue weighted by Gasteiger charge is -2.55. The van der Waals surface area contributed by atoms with Crippen molar-refractivity contribution in [2.75, 3.05) is 19.8 Å². The number of aliphatic hydroxyl groups excluding tert-OH is 10. The van der Waals surface area contributed by atoms with Crippen LogP contribution in [0, 0.1) is 28.6 Å². The van der Waals surface area contributed by atoms with Crippen LogP contribution in [-0.4, -0.2) is 169 Å². The summed E-state index contributed by atoms with van der Waals surface area (Å²) in [6, 6.07) is 0. The summed E-state index contributed by atoms with van der Waals surface area (Å²) in [4.78, 5) is 14.6. The van der Waals surface area contributed by atoms with E-state index in [4.69, 9.17) is 28.4 Å². The van der Waals surface area contributed by atoms with Crippen LogP contribution in [0.1, 0.15) is 71.6 Å². The second-order valence-corrected chi connectivity index (χ2v) is 16.8. The van der Waals surface area contributed by atoms with Gasteiger partial charge in [-0.2, -0.15) is 0 Å². The minimum atomic E-state index is -1.93. The lowest BCUT2D eigenvalue weighted by molar-refractivity contribution is -0.391. The van der Waals surface area contributed by atoms with Gasteiger partial charge in [0.25, 0.3) is 0 Å². The summed E-state index contributed by atoms with van der Waals surface area (Å²) in [6.07, 6.45) is -18.2. The number of ether oxygens (including phenoxy) is 6. The van der Waals surface area contributed by atoms with Crippen molar-refractivity contribution in [1.82, 2.24) is 0 Å². The Labute approximate surface area is 314 Å². The van der Waals surface area contributed by atoms with Crippen LogP contribution in [0.25, 0.3) is 0 Å². The highest BCUT2D eigenvalue weighted by Gasteiger charge is 2.59. The third-order valence-electron chi connectivity index (χ3n) is 13.7. The van der Waals surface area contributed by atoms with Gasteiger partial charge in [0.1, 0.15) is 67.1 Å². The van der Waals surface area contributed by atoms with Gasteiger partial charge in [0.05, 0.1) is 25.2 Å². The predicted octanol–water partition coefficient (Wildman–Crippen LogP) is -2.05. The zero-order chi connectivity index (χ0) is 39.3. The maximum Gasteiger partial charge on any atom is 0.314 e. The Morgan fingerprint density at radius 2 is 1.20 bits per heavy atom. The van der Waals surface area contributed by atoms with Crippen LogP contribution in [-0.2, 0) is 33.2 Å². The third-order valence-corrected chi connectivity index (χ3v) is 13.7. The van der Waals surface area contributed by atoms with E-state index in [2.05, 4.69) is 13.5 Å². The van der Waals surface area contributed by atoms with Crippen LogP contribution in [0.3, 0.4) is 0 Å². The number of carbonyl (C=O) groups excluding carboxylic acids is 1. The van der Waals surface area contributed by atoms with Gasteiger partial charge in [-0.05, 0) is 75.0 Å². The largest absolute Gasteiger partial charge is 0.432 e. The van der Waals surface area contributed by atoms with Crippen LogP contribution in [0.5, 0.6) is 0 Å². The molecule has 0 aromatic carbocycles. The van der Waals surface area contributed by atoms with E-state index >= 15 is 0 Å². The molecule has 0 aromatic heterocycles. The molecule has 7 rings (SSSR count). The van der Waals surface area contributed by atoms with Crippen molar-refractivity contribution in [3.8, 4) is 0 Å². The number of allylic oxidation sites excluding steroid dienone is 1. The Balaban J connectivity index is 1.27. The highest BCUT2D eigenvalue weighted by Crippen LogP contribution is 2.61. The first kappa shape index (κ1) is 42.2. The summed E-state index contributed by atoms with van der Waals surface area (Å²) in [5, 5.41) is 105. The molecule has 0 spiro atoms. The van der Waals surface area contributed by atoms with Gasteiger partial charge < -0.3 is 79.5 Å². The number of fused-ring (bicyclic) bond motifs is 4. The first-order valence-corrected chi connectivity index (χ1v) is 19.3. The molecule has 54 heavy (non-hydrogen) atoms. The monoisotopic (exact) mass is 776 g/mol. The number of esters is 1. The van der Waals surface area contributed by atoms with Crippen molar-refractivity contribution in [2.24, 2.45) is 28.6 Å². The van der Waals surface area contributed by atoms with E-state index in [0.29, 0.717) is 18.3 Å². The lowest BCUT2D eigenvalue weighted by atomic mass is 9.49. The molecule has 3 saturated heterocycles. The molecule has 310 valence electrons. The van der Waals surface area contributed by atoms with Crippen LogP contribution >= 0.6 is 0 Å². The summed E-state index contributed by atoms with van der Waals surface area (Å²) in [7, 11) is 0. The van der Waals surface area contributed by atoms with Gasteiger partial charge in [0.2, 0.25) is 6.29 Å². The first-order valence-electron chi connectivity index (χ1n) is 19.3. The van der Waals surface area contributed by atoms with Gasteiger partial charge in [-0.1, -0.05) is 31.9 Å². The standard InChI is InChI=1S/C37H60O17/c1-16-12-18-9-8-17(16)6-4-7-22-36(18,2)10-5-11-37(22,3)35(48)54-34-31(28(46)25(43)21(15-40)51-34)53-33-30(27(45)24(42)20(14-39)50-33)52-32-29(47)26(44)23(41)19(13-38)49-32/h17-34,38-47H,1,4-15H2,2-3H3/t17-,18?,19+,20+,21+,22-,23+,24+,25+,26-,27-,28-,29+,30+,31+,32-,33-,34-,36-,37+/m0/s1. The van der Waals surface area contributed by atoms with E-state index in [9.17, 15) is 55.9 Å². The van der Waals surface area contributed by atoms with Gasteiger partial charge in [-0.3, -0.25) is 4.79 Å². The lowest BCUT2D eigenvalue weighted by Crippen LogP contribution is -2.67. The SMILES string of the molecule is C=C1CC2CC[C@@H]1CCC[C@@H]1[C@](C)(C(=O)O[C@@H]3O[C@H](CO)[C@@H](O)[C@H](O)[C@H]3O[C@@H]3O[C@H](CO)[C@@H](O)[C@H](O)[C@H]3O[C@@H]3O[C@H](CO)[C@@H](O)[C@H](O)[C@H]3O)CCC[C@@]21C. The van der Waals surface area contributed by atoms with E-state index in [1.54, 1.807) is 0 Å². The van der Waals surface area contributed by atoms with E-state index in [0.717, 1.165) is 51.4 Å². The van der Waals surface area contributed by atoms with E-state index < -0.39 is 123 Å². The second-order valence-electron chi connectivity index (χ2n) is 16.8. The molecule has 10 N–H and O–H groups in total. The number of hydrogen-bond donors (Lipinski definition) is 10. The molecular formula is C37H60O17. The second kappa shape index (κ2) is 16.8. The summed E-state index contributed by atoms with van der Waals surface area (Å²) in [5.74, 6) is 0.140. The Morgan fingerprint density at radius 1 is 0.667 bits per heavy atom. The molecule has 3 heterocycles. The molecule has 7 aliphatic rings. The maximum absolute atomic E-state index is 14.6. The molecular weight excluding hydrogens is 716 g/mol. The number of hydrogen-bond acceptors (Lipinski definition) is 17. The van der Waals surface area contributed by atoms with Gasteiger partial charge in [0.15, 0.2) is 18.7 Å². The quantitative estimate of drug-likeness (QED) is 0.0891. The van der Waals surface area contributed by atoms with Crippen LogP contribution in [0.4, 0.5) is 0 Å². The number of aliphatic hydroxyl groups is 10. The average molecular weight is 777 g/mol. The predicted molar refractivity (Wildman–Crippen MR) is 183 cm³/mol. The van der Waals surface area contributed by atoms with Gasteiger partial charge in [0, 0.05) is 0 Å². The Kier molecular flexibility index (Phi) is 13.2. The highest BCUT2D eigenvalue weighted by molar-refractivity contribution is 5.77. The molecule has 17 heteroatoms. The fourth-order valence-electron chi connectivity index (χ4n) is 10.3. The first-order chi connectivity index (χ1) is 25.6. The fraction of sp³-hybridized carbons (Fsp3) is 0.919. The molecule has 17 nitrogen and oxygen atoms in total. The van der Waals surface area contributed by atoms with Crippen molar-refractivity contribution >= 4 is 5.97 Å². The molecule has 0 aromatic rings. The molecule has 0 amide bonds. The zero-order valence-corrected chi connectivity index (χ0v) is 30.9. The minimum Gasteiger partial charge on any atom is -0.432 e. The average Bonchev–Trinajstić information content (AvgIpc) is 3.25. The normalized spacial score (nSPS) is 51.4. The summed E-state index contributed by atoms with van der Waals surface area (Å²) in [5.41, 5.74) is 0.109. The van der Waals surface area contributed by atoms with E-state index in [1.807, 2.05) is 6.92 Å².